The molecule has 0 aliphatic heterocycles. The molecule has 0 amide bonds. The van der Waals surface area contributed by atoms with Crippen molar-refractivity contribution in [2.75, 3.05) is 6.61 Å². The molecule has 5 heteroatoms. The van der Waals surface area contributed by atoms with Crippen LogP contribution in [0.1, 0.15) is 11.4 Å². The number of halogens is 1. The lowest BCUT2D eigenvalue weighted by Crippen LogP contribution is -1.97. The van der Waals surface area contributed by atoms with Gasteiger partial charge in [0.05, 0.1) is 16.6 Å². The van der Waals surface area contributed by atoms with Crippen LogP contribution in [-0.2, 0) is 0 Å². The summed E-state index contributed by atoms with van der Waals surface area (Å²) in [5.41, 5.74) is 2.15. The molecular formula is C23H14FN3O. The fourth-order valence-electron chi connectivity index (χ4n) is 3.08. The fraction of sp³-hybridized carbons (Fsp3) is 0.0435. The molecule has 4 nitrogen and oxygen atoms in total. The Bertz CT molecular complexity index is 1310. The van der Waals surface area contributed by atoms with Crippen molar-refractivity contribution in [1.82, 2.24) is 9.97 Å². The molecule has 0 radical (unpaired) electrons. The summed E-state index contributed by atoms with van der Waals surface area (Å²) in [5, 5.41) is 11.7. The van der Waals surface area contributed by atoms with Crippen molar-refractivity contribution in [3.8, 4) is 24.2 Å². The molecule has 0 fully saturated rings. The van der Waals surface area contributed by atoms with Gasteiger partial charge >= 0.3 is 0 Å². The number of benzene rings is 3. The lowest BCUT2D eigenvalue weighted by molar-refractivity contribution is 0.370. The van der Waals surface area contributed by atoms with Crippen LogP contribution in [-0.4, -0.2) is 16.6 Å². The van der Waals surface area contributed by atoms with Gasteiger partial charge in [0.25, 0.3) is 0 Å². The third-order valence-corrected chi connectivity index (χ3v) is 4.35. The highest BCUT2D eigenvalue weighted by molar-refractivity contribution is 6.00. The van der Waals surface area contributed by atoms with Crippen molar-refractivity contribution in [1.29, 1.82) is 5.26 Å². The minimum absolute atomic E-state index is 0.116. The molecule has 0 saturated carbocycles. The fourth-order valence-corrected chi connectivity index (χ4v) is 3.08. The SMILES string of the molecule is C#CCOc1ccc2ccccc2c1/C=C(/C#N)c1nc2ccc(F)cc2[nH]1. The molecule has 1 N–H and O–H groups in total. The van der Waals surface area contributed by atoms with Crippen LogP contribution in [0.5, 0.6) is 5.75 Å². The third-order valence-electron chi connectivity index (χ3n) is 4.35. The van der Waals surface area contributed by atoms with Crippen LogP contribution in [0.4, 0.5) is 4.39 Å². The van der Waals surface area contributed by atoms with Crippen molar-refractivity contribution in [3.63, 3.8) is 0 Å². The molecule has 4 rings (SSSR count). The second-order valence-electron chi connectivity index (χ2n) is 6.11. The average Bonchev–Trinajstić information content (AvgIpc) is 3.13. The molecule has 3 aromatic carbocycles. The Morgan fingerprint density at radius 1 is 1.21 bits per heavy atom. The van der Waals surface area contributed by atoms with Crippen molar-refractivity contribution in [2.24, 2.45) is 0 Å². The number of allylic oxidation sites excluding steroid dienone is 1. The van der Waals surface area contributed by atoms with Crippen LogP contribution in [0.25, 0.3) is 33.5 Å². The second kappa shape index (κ2) is 7.26. The highest BCUT2D eigenvalue weighted by atomic mass is 19.1. The van der Waals surface area contributed by atoms with E-state index in [9.17, 15) is 9.65 Å². The van der Waals surface area contributed by atoms with Gasteiger partial charge in [-0.1, -0.05) is 36.3 Å². The van der Waals surface area contributed by atoms with Crippen LogP contribution in [0.3, 0.4) is 0 Å². The number of nitrogens with zero attached hydrogens (tertiary/aromatic N) is 2. The Morgan fingerprint density at radius 2 is 2.07 bits per heavy atom. The molecule has 134 valence electrons. The maximum absolute atomic E-state index is 13.5. The molecule has 0 unspecified atom stereocenters. The summed E-state index contributed by atoms with van der Waals surface area (Å²) in [4.78, 5) is 7.41. The van der Waals surface area contributed by atoms with Crippen molar-refractivity contribution in [2.45, 2.75) is 0 Å². The monoisotopic (exact) mass is 367 g/mol. The average molecular weight is 367 g/mol. The first-order valence-electron chi connectivity index (χ1n) is 8.55. The van der Waals surface area contributed by atoms with Gasteiger partial charge in [-0.3, -0.25) is 0 Å². The number of hydrogen-bond donors (Lipinski definition) is 1. The van der Waals surface area contributed by atoms with Gasteiger partial charge in [-0.05, 0) is 41.1 Å². The number of terminal acetylenes is 1. The number of aromatic amines is 1. The standard InChI is InChI=1S/C23H14FN3O/c1-2-11-28-22-10-7-15-5-3-4-6-18(15)19(22)12-16(14-25)23-26-20-9-8-17(24)13-21(20)27-23/h1,3-10,12-13H,11H2,(H,26,27)/b16-12-. The van der Waals surface area contributed by atoms with E-state index in [2.05, 4.69) is 22.0 Å². The van der Waals surface area contributed by atoms with E-state index in [4.69, 9.17) is 11.2 Å². The molecule has 0 aliphatic carbocycles. The van der Waals surface area contributed by atoms with Gasteiger partial charge in [-0.15, -0.1) is 6.42 Å². The van der Waals surface area contributed by atoms with E-state index < -0.39 is 0 Å². The predicted molar refractivity (Wildman–Crippen MR) is 108 cm³/mol. The van der Waals surface area contributed by atoms with E-state index in [-0.39, 0.29) is 12.4 Å². The molecule has 0 saturated heterocycles. The maximum atomic E-state index is 13.5. The van der Waals surface area contributed by atoms with Gasteiger partial charge in [-0.2, -0.15) is 5.26 Å². The number of imidazole rings is 1. The highest BCUT2D eigenvalue weighted by Crippen LogP contribution is 2.32. The minimum Gasteiger partial charge on any atom is -0.480 e. The lowest BCUT2D eigenvalue weighted by atomic mass is 10.0. The normalized spacial score (nSPS) is 11.3. The largest absolute Gasteiger partial charge is 0.480 e. The van der Waals surface area contributed by atoms with Gasteiger partial charge in [0, 0.05) is 5.56 Å². The highest BCUT2D eigenvalue weighted by Gasteiger charge is 2.12. The van der Waals surface area contributed by atoms with E-state index >= 15 is 0 Å². The Balaban J connectivity index is 1.90. The van der Waals surface area contributed by atoms with E-state index in [1.54, 1.807) is 12.1 Å². The quantitative estimate of drug-likeness (QED) is 0.411. The van der Waals surface area contributed by atoms with Gasteiger partial charge in [0.15, 0.2) is 0 Å². The Hall–Kier alpha value is -4.09. The van der Waals surface area contributed by atoms with Crippen LogP contribution >= 0.6 is 0 Å². The molecule has 1 aromatic heterocycles. The van der Waals surface area contributed by atoms with Crippen molar-refractivity contribution >= 4 is 33.5 Å². The number of hydrogen-bond acceptors (Lipinski definition) is 3. The van der Waals surface area contributed by atoms with Gasteiger partial charge in [-0.25, -0.2) is 9.37 Å². The third kappa shape index (κ3) is 3.18. The number of ether oxygens (including phenoxy) is 1. The van der Waals surface area contributed by atoms with Gasteiger partial charge < -0.3 is 9.72 Å². The number of nitriles is 1. The van der Waals surface area contributed by atoms with Crippen LogP contribution in [0, 0.1) is 29.5 Å². The Morgan fingerprint density at radius 3 is 2.89 bits per heavy atom. The van der Waals surface area contributed by atoms with E-state index in [0.29, 0.717) is 28.2 Å². The summed E-state index contributed by atoms with van der Waals surface area (Å²) >= 11 is 0. The van der Waals surface area contributed by atoms with Crippen LogP contribution in [0.2, 0.25) is 0 Å². The Labute approximate surface area is 160 Å². The summed E-state index contributed by atoms with van der Waals surface area (Å²) in [6.45, 7) is 0.116. The van der Waals surface area contributed by atoms with Gasteiger partial charge in [0.2, 0.25) is 0 Å². The predicted octanol–water partition coefficient (Wildman–Crippen LogP) is 4.93. The number of H-pyrrole nitrogens is 1. The minimum atomic E-state index is -0.371. The number of fused-ring (bicyclic) bond motifs is 2. The first-order chi connectivity index (χ1) is 13.7. The number of aromatic nitrogens is 2. The molecule has 0 spiro atoms. The summed E-state index contributed by atoms with van der Waals surface area (Å²) in [6, 6.07) is 18.0. The molecule has 1 heterocycles. The molecule has 0 bridgehead atoms. The number of nitrogens with one attached hydrogen (secondary N) is 1. The summed E-state index contributed by atoms with van der Waals surface area (Å²) in [7, 11) is 0. The van der Waals surface area contributed by atoms with Crippen molar-refractivity contribution < 1.29 is 9.13 Å². The molecule has 0 atom stereocenters. The van der Waals surface area contributed by atoms with Crippen LogP contribution in [0.15, 0.2) is 54.6 Å². The first-order valence-corrected chi connectivity index (χ1v) is 8.55. The Kier molecular flexibility index (Phi) is 4.50. The summed E-state index contributed by atoms with van der Waals surface area (Å²) in [5.74, 6) is 3.02. The van der Waals surface area contributed by atoms with Crippen LogP contribution < -0.4 is 4.74 Å². The zero-order chi connectivity index (χ0) is 19.5. The van der Waals surface area contributed by atoms with Gasteiger partial charge in [0.1, 0.15) is 30.1 Å². The molecule has 28 heavy (non-hydrogen) atoms. The summed E-state index contributed by atoms with van der Waals surface area (Å²) < 4.78 is 19.1. The second-order valence-corrected chi connectivity index (χ2v) is 6.11. The maximum Gasteiger partial charge on any atom is 0.149 e. The first kappa shape index (κ1) is 17.3. The topological polar surface area (TPSA) is 61.7 Å². The zero-order valence-electron chi connectivity index (χ0n) is 14.7. The zero-order valence-corrected chi connectivity index (χ0v) is 14.7. The van der Waals surface area contributed by atoms with E-state index in [1.165, 1.54) is 12.1 Å². The summed E-state index contributed by atoms with van der Waals surface area (Å²) in [6.07, 6.45) is 7.04. The lowest BCUT2D eigenvalue weighted by Gasteiger charge is -2.10. The van der Waals surface area contributed by atoms with E-state index in [0.717, 1.165) is 16.3 Å². The van der Waals surface area contributed by atoms with E-state index in [1.807, 2.05) is 36.4 Å². The molecular weight excluding hydrogens is 353 g/mol. The smallest absolute Gasteiger partial charge is 0.149 e. The molecule has 4 aromatic rings. The molecule has 0 aliphatic rings. The number of rotatable bonds is 4. The van der Waals surface area contributed by atoms with Crippen molar-refractivity contribution in [3.05, 3.63) is 71.8 Å².